The molecule has 7 heteroatoms. The van der Waals surface area contributed by atoms with Crippen LogP contribution < -0.4 is 16.4 Å². The highest BCUT2D eigenvalue weighted by atomic mass is 16.5. The van der Waals surface area contributed by atoms with Gasteiger partial charge in [-0.25, -0.2) is 0 Å². The highest BCUT2D eigenvalue weighted by Gasteiger charge is 2.33. The molecule has 1 aromatic carbocycles. The van der Waals surface area contributed by atoms with Crippen LogP contribution in [0.2, 0.25) is 0 Å². The Labute approximate surface area is 148 Å². The quantitative estimate of drug-likeness (QED) is 0.628. The zero-order valence-electron chi connectivity index (χ0n) is 15.2. The summed E-state index contributed by atoms with van der Waals surface area (Å²) in [6.07, 6.45) is -0.261. The summed E-state index contributed by atoms with van der Waals surface area (Å²) in [5.41, 5.74) is 6.13. The van der Waals surface area contributed by atoms with Gasteiger partial charge in [0.1, 0.15) is 12.6 Å². The Morgan fingerprint density at radius 1 is 1.12 bits per heavy atom. The molecule has 0 heterocycles. The van der Waals surface area contributed by atoms with E-state index in [0.29, 0.717) is 0 Å². The molecule has 1 aromatic rings. The van der Waals surface area contributed by atoms with E-state index >= 15 is 0 Å². The lowest BCUT2D eigenvalue weighted by molar-refractivity contribution is -0.146. The van der Waals surface area contributed by atoms with E-state index in [9.17, 15) is 14.4 Å². The van der Waals surface area contributed by atoms with E-state index in [2.05, 4.69) is 10.6 Å². The minimum atomic E-state index is -1.09. The lowest BCUT2D eigenvalue weighted by atomic mass is 9.86. The highest BCUT2D eigenvalue weighted by Crippen LogP contribution is 2.19. The lowest BCUT2D eigenvalue weighted by Crippen LogP contribution is -2.56. The monoisotopic (exact) mass is 349 g/mol. The smallest absolute Gasteiger partial charge is 0.308 e. The number of rotatable bonds is 7. The number of nitrogens with one attached hydrogen (secondary N) is 2. The summed E-state index contributed by atoms with van der Waals surface area (Å²) in [6, 6.07) is 7.37. The van der Waals surface area contributed by atoms with E-state index < -0.39 is 29.4 Å². The van der Waals surface area contributed by atoms with E-state index in [1.165, 1.54) is 7.05 Å². The van der Waals surface area contributed by atoms with Crippen LogP contribution in [-0.2, 0) is 25.7 Å². The Balaban J connectivity index is 2.54. The molecule has 0 saturated heterocycles. The van der Waals surface area contributed by atoms with Crippen LogP contribution in [-0.4, -0.2) is 36.9 Å². The predicted molar refractivity (Wildman–Crippen MR) is 94.3 cm³/mol. The van der Waals surface area contributed by atoms with Gasteiger partial charge in [0.25, 0.3) is 0 Å². The molecule has 0 spiro atoms. The normalized spacial score (nSPS) is 13.5. The summed E-state index contributed by atoms with van der Waals surface area (Å²) >= 11 is 0. The molecular formula is C18H27N3O4. The van der Waals surface area contributed by atoms with Crippen LogP contribution in [0.25, 0.3) is 0 Å². The Morgan fingerprint density at radius 2 is 1.72 bits per heavy atom. The van der Waals surface area contributed by atoms with Gasteiger partial charge in [-0.15, -0.1) is 0 Å². The lowest BCUT2D eigenvalue weighted by Gasteiger charge is -2.30. The molecule has 2 atom stereocenters. The van der Waals surface area contributed by atoms with Gasteiger partial charge in [0, 0.05) is 7.05 Å². The number of hydrogen-bond acceptors (Lipinski definition) is 5. The van der Waals surface area contributed by atoms with Gasteiger partial charge < -0.3 is 21.1 Å². The molecule has 0 aromatic heterocycles. The molecule has 4 N–H and O–H groups in total. The number of hydrogen-bond donors (Lipinski definition) is 3. The number of benzene rings is 1. The van der Waals surface area contributed by atoms with Crippen molar-refractivity contribution < 1.29 is 19.1 Å². The Hall–Kier alpha value is -2.41. The maximum Gasteiger partial charge on any atom is 0.308 e. The van der Waals surface area contributed by atoms with Crippen molar-refractivity contribution in [3.8, 4) is 0 Å². The first-order valence-electron chi connectivity index (χ1n) is 8.12. The van der Waals surface area contributed by atoms with Crippen molar-refractivity contribution in [2.24, 2.45) is 11.1 Å². The number of amides is 2. The van der Waals surface area contributed by atoms with E-state index in [1.54, 1.807) is 0 Å². The van der Waals surface area contributed by atoms with Crippen molar-refractivity contribution in [2.45, 2.75) is 45.9 Å². The van der Waals surface area contributed by atoms with Crippen molar-refractivity contribution >= 4 is 17.8 Å². The first kappa shape index (κ1) is 20.6. The van der Waals surface area contributed by atoms with Gasteiger partial charge in [-0.05, 0) is 11.0 Å². The molecule has 0 aliphatic carbocycles. The zero-order valence-corrected chi connectivity index (χ0v) is 15.2. The van der Waals surface area contributed by atoms with E-state index in [0.717, 1.165) is 5.56 Å². The summed E-state index contributed by atoms with van der Waals surface area (Å²) < 4.78 is 5.11. The summed E-state index contributed by atoms with van der Waals surface area (Å²) in [5, 5.41) is 5.11. The minimum Gasteiger partial charge on any atom is -0.461 e. The third-order valence-corrected chi connectivity index (χ3v) is 3.63. The molecule has 0 fully saturated rings. The second-order valence-electron chi connectivity index (χ2n) is 6.88. The fraction of sp³-hybridized carbons (Fsp3) is 0.500. The first-order chi connectivity index (χ1) is 11.6. The van der Waals surface area contributed by atoms with Crippen LogP contribution in [0.5, 0.6) is 0 Å². The molecular weight excluding hydrogens is 322 g/mol. The Kier molecular flexibility index (Phi) is 7.57. The topological polar surface area (TPSA) is 111 Å². The fourth-order valence-corrected chi connectivity index (χ4v) is 2.14. The second kappa shape index (κ2) is 9.17. The molecule has 0 bridgehead atoms. The largest absolute Gasteiger partial charge is 0.461 e. The van der Waals surface area contributed by atoms with Crippen LogP contribution in [0.1, 0.15) is 32.8 Å². The minimum absolute atomic E-state index is 0.122. The summed E-state index contributed by atoms with van der Waals surface area (Å²) in [7, 11) is 1.49. The first-order valence-corrected chi connectivity index (χ1v) is 8.12. The molecule has 1 rings (SSSR count). The van der Waals surface area contributed by atoms with Gasteiger partial charge in [0.05, 0.1) is 12.5 Å². The number of carbonyl (C=O) groups is 3. The molecule has 0 aliphatic heterocycles. The number of nitrogens with two attached hydrogens (primary N) is 1. The van der Waals surface area contributed by atoms with Crippen LogP contribution >= 0.6 is 0 Å². The second-order valence-corrected chi connectivity index (χ2v) is 6.88. The number of ether oxygens (including phenoxy) is 1. The highest BCUT2D eigenvalue weighted by molar-refractivity contribution is 5.91. The number of esters is 1. The predicted octanol–water partition coefficient (Wildman–Crippen LogP) is 0.724. The Bertz CT molecular complexity index is 596. The van der Waals surface area contributed by atoms with Gasteiger partial charge in [-0.1, -0.05) is 51.1 Å². The van der Waals surface area contributed by atoms with Gasteiger partial charge in [0.2, 0.25) is 11.8 Å². The molecule has 25 heavy (non-hydrogen) atoms. The van der Waals surface area contributed by atoms with Crippen LogP contribution in [0.15, 0.2) is 30.3 Å². The van der Waals surface area contributed by atoms with E-state index in [-0.39, 0.29) is 18.9 Å². The van der Waals surface area contributed by atoms with Crippen molar-refractivity contribution in [2.75, 3.05) is 7.05 Å². The van der Waals surface area contributed by atoms with Crippen LogP contribution in [0.3, 0.4) is 0 Å². The zero-order chi connectivity index (χ0) is 19.0. The van der Waals surface area contributed by atoms with Crippen molar-refractivity contribution in [3.05, 3.63) is 35.9 Å². The molecule has 0 radical (unpaired) electrons. The molecule has 0 saturated carbocycles. The summed E-state index contributed by atoms with van der Waals surface area (Å²) in [5.74, 6) is -1.46. The Morgan fingerprint density at radius 3 is 2.24 bits per heavy atom. The van der Waals surface area contributed by atoms with Gasteiger partial charge >= 0.3 is 5.97 Å². The third kappa shape index (κ3) is 6.93. The molecule has 2 amide bonds. The summed E-state index contributed by atoms with van der Waals surface area (Å²) in [6.45, 7) is 5.60. The summed E-state index contributed by atoms with van der Waals surface area (Å²) in [4.78, 5) is 36.0. The molecule has 7 nitrogen and oxygen atoms in total. The van der Waals surface area contributed by atoms with Gasteiger partial charge in [-0.3, -0.25) is 14.4 Å². The van der Waals surface area contributed by atoms with Crippen LogP contribution in [0, 0.1) is 5.41 Å². The number of carbonyl (C=O) groups excluding carboxylic acids is 3. The maximum absolute atomic E-state index is 12.2. The number of likely N-dealkylation sites (N-methyl/N-ethyl adjacent to an activating group) is 1. The van der Waals surface area contributed by atoms with E-state index in [1.807, 2.05) is 51.1 Å². The third-order valence-electron chi connectivity index (χ3n) is 3.63. The van der Waals surface area contributed by atoms with Crippen LogP contribution in [0.4, 0.5) is 0 Å². The van der Waals surface area contributed by atoms with Crippen molar-refractivity contribution in [1.82, 2.24) is 10.6 Å². The maximum atomic E-state index is 12.2. The fourth-order valence-electron chi connectivity index (χ4n) is 2.14. The van der Waals surface area contributed by atoms with E-state index in [4.69, 9.17) is 10.5 Å². The van der Waals surface area contributed by atoms with Crippen molar-refractivity contribution in [1.29, 1.82) is 0 Å². The molecule has 0 aliphatic rings. The van der Waals surface area contributed by atoms with Gasteiger partial charge in [-0.2, -0.15) is 0 Å². The van der Waals surface area contributed by atoms with Crippen molar-refractivity contribution in [3.63, 3.8) is 0 Å². The SMILES string of the molecule is CNC(=O)[C@@H](NC(=O)[C@H](N)CC(=O)OCc1ccccc1)C(C)(C)C. The standard InChI is InChI=1S/C18H27N3O4/c1-18(2,3)15(17(24)20-4)21-16(23)13(19)10-14(22)25-11-12-8-6-5-7-9-12/h5-9,13,15H,10-11,19H2,1-4H3,(H,20,24)(H,21,23)/t13-,15-/m1/s1. The average Bonchev–Trinajstić information content (AvgIpc) is 2.56. The molecule has 0 unspecified atom stereocenters. The van der Waals surface area contributed by atoms with Gasteiger partial charge in [0.15, 0.2) is 0 Å². The average molecular weight is 349 g/mol. The molecule has 138 valence electrons.